The summed E-state index contributed by atoms with van der Waals surface area (Å²) in [6, 6.07) is 19.8. The van der Waals surface area contributed by atoms with Crippen LogP contribution in [-0.2, 0) is 19.2 Å². The third-order valence-corrected chi connectivity index (χ3v) is 10.4. The molecule has 6 unspecified atom stereocenters. The quantitative estimate of drug-likeness (QED) is 0.217. The van der Waals surface area contributed by atoms with E-state index < -0.39 is 59.8 Å². The molecule has 0 spiro atoms. The number of nitrogens with zero attached hydrogens (tertiary/aromatic N) is 2. The Bertz CT molecular complexity index is 1810. The fourth-order valence-corrected chi connectivity index (χ4v) is 8.31. The van der Waals surface area contributed by atoms with E-state index in [0.717, 1.165) is 10.5 Å². The van der Waals surface area contributed by atoms with Crippen LogP contribution in [0.4, 0.5) is 11.4 Å². The van der Waals surface area contributed by atoms with Gasteiger partial charge in [-0.25, -0.2) is 4.90 Å². The second-order valence-electron chi connectivity index (χ2n) is 12.6. The summed E-state index contributed by atoms with van der Waals surface area (Å²) in [6.07, 6.45) is 2.31. The molecule has 6 atom stereocenters. The molecule has 2 aliphatic heterocycles. The number of hydrogen-bond donors (Lipinski definition) is 3. The Hall–Kier alpha value is -4.74. The van der Waals surface area contributed by atoms with Crippen molar-refractivity contribution in [3.05, 3.63) is 90.0 Å². The SMILES string of the molecule is CCOc1cccc(C2C3=CCC4C(=O)N(c5cccc(B(O)O)c5)C(=O)C4C3CC3C(=O)N(c4ccccc4)C(=O)C32C)c1O. The fraction of sp³-hybridized carbons (Fsp3) is 0.314. The number of aromatic hydroxyl groups is 1. The van der Waals surface area contributed by atoms with E-state index in [2.05, 4.69) is 0 Å². The Morgan fingerprint density at radius 3 is 2.30 bits per heavy atom. The summed E-state index contributed by atoms with van der Waals surface area (Å²) >= 11 is 0. The van der Waals surface area contributed by atoms with Crippen LogP contribution in [0.3, 0.4) is 0 Å². The third kappa shape index (κ3) is 4.18. The van der Waals surface area contributed by atoms with Crippen molar-refractivity contribution in [3.63, 3.8) is 0 Å². The number of phenols is 1. The number of allylic oxidation sites excluding steroid dienone is 2. The highest BCUT2D eigenvalue weighted by Crippen LogP contribution is 2.64. The largest absolute Gasteiger partial charge is 0.504 e. The predicted octanol–water partition coefficient (Wildman–Crippen LogP) is 2.91. The Balaban J connectivity index is 1.37. The minimum Gasteiger partial charge on any atom is -0.504 e. The van der Waals surface area contributed by atoms with Gasteiger partial charge in [0.05, 0.1) is 41.2 Å². The van der Waals surface area contributed by atoms with Crippen molar-refractivity contribution < 1.29 is 39.1 Å². The van der Waals surface area contributed by atoms with Crippen LogP contribution in [0, 0.1) is 29.1 Å². The number of benzene rings is 3. The van der Waals surface area contributed by atoms with E-state index in [-0.39, 0.29) is 41.4 Å². The summed E-state index contributed by atoms with van der Waals surface area (Å²) in [5.74, 6) is -5.22. The van der Waals surface area contributed by atoms with Crippen LogP contribution in [-0.4, -0.2) is 52.5 Å². The van der Waals surface area contributed by atoms with Gasteiger partial charge in [-0.3, -0.25) is 24.1 Å². The molecule has 1 saturated carbocycles. The molecule has 2 saturated heterocycles. The summed E-state index contributed by atoms with van der Waals surface area (Å²) in [5.41, 5.74) is 0.670. The third-order valence-electron chi connectivity index (χ3n) is 10.4. The average Bonchev–Trinajstić information content (AvgIpc) is 3.42. The Morgan fingerprint density at radius 2 is 1.59 bits per heavy atom. The van der Waals surface area contributed by atoms with Crippen molar-refractivity contribution in [1.29, 1.82) is 0 Å². The number of hydrogen-bond acceptors (Lipinski definition) is 8. The highest BCUT2D eigenvalue weighted by atomic mass is 16.5. The molecule has 10 nitrogen and oxygen atoms in total. The van der Waals surface area contributed by atoms with E-state index in [0.29, 0.717) is 17.9 Å². The zero-order valence-electron chi connectivity index (χ0n) is 25.4. The number of carbonyl (C=O) groups excluding carboxylic acids is 4. The second kappa shape index (κ2) is 11.0. The first-order chi connectivity index (χ1) is 22.1. The molecule has 0 bridgehead atoms. The maximum atomic E-state index is 14.5. The number of rotatable bonds is 6. The molecule has 3 fully saturated rings. The van der Waals surface area contributed by atoms with Crippen molar-refractivity contribution in [2.75, 3.05) is 16.4 Å². The zero-order chi connectivity index (χ0) is 32.5. The van der Waals surface area contributed by atoms with Gasteiger partial charge in [0.1, 0.15) is 0 Å². The lowest BCUT2D eigenvalue weighted by Gasteiger charge is -2.49. The standard InChI is InChI=1S/C35H33BN2O8/c1-3-46-27-14-8-13-24(30(27)39)29-22-15-16-23-28(33(42)37(31(23)40)21-12-7-9-19(17-21)36(44)45)25(22)18-26-32(41)38(34(43)35(26,29)2)20-10-5-4-6-11-20/h4-15,17,23,25-26,28-29,39,44-45H,3,16,18H2,1-2H3. The first-order valence-corrected chi connectivity index (χ1v) is 15.5. The normalized spacial score (nSPS) is 28.5. The molecular weight excluding hydrogens is 587 g/mol. The number of anilines is 2. The van der Waals surface area contributed by atoms with Crippen LogP contribution >= 0.6 is 0 Å². The molecule has 234 valence electrons. The second-order valence-corrected chi connectivity index (χ2v) is 12.6. The number of phenolic OH excluding ortho intramolecular Hbond substituents is 1. The number of carbonyl (C=O) groups is 4. The van der Waals surface area contributed by atoms with Crippen molar-refractivity contribution >= 4 is 47.6 Å². The summed E-state index contributed by atoms with van der Waals surface area (Å²) in [7, 11) is -1.78. The van der Waals surface area contributed by atoms with Crippen molar-refractivity contribution in [1.82, 2.24) is 0 Å². The monoisotopic (exact) mass is 620 g/mol. The lowest BCUT2D eigenvalue weighted by molar-refractivity contribution is -0.131. The molecule has 3 aromatic rings. The van der Waals surface area contributed by atoms with Gasteiger partial charge in [-0.05, 0) is 68.4 Å². The topological polar surface area (TPSA) is 145 Å². The van der Waals surface area contributed by atoms with E-state index in [9.17, 15) is 34.3 Å². The highest BCUT2D eigenvalue weighted by molar-refractivity contribution is 6.58. The Morgan fingerprint density at radius 1 is 0.870 bits per heavy atom. The maximum Gasteiger partial charge on any atom is 0.488 e. The van der Waals surface area contributed by atoms with E-state index in [1.54, 1.807) is 74.5 Å². The van der Waals surface area contributed by atoms with Crippen LogP contribution in [0.5, 0.6) is 11.5 Å². The average molecular weight is 620 g/mol. The number of fused-ring (bicyclic) bond motifs is 4. The summed E-state index contributed by atoms with van der Waals surface area (Å²) in [5, 5.41) is 31.0. The van der Waals surface area contributed by atoms with Crippen LogP contribution in [0.2, 0.25) is 0 Å². The van der Waals surface area contributed by atoms with E-state index >= 15 is 0 Å². The number of para-hydroxylation sites is 2. The highest BCUT2D eigenvalue weighted by Gasteiger charge is 2.68. The Kier molecular flexibility index (Phi) is 7.13. The van der Waals surface area contributed by atoms with Gasteiger partial charge < -0.3 is 19.9 Å². The van der Waals surface area contributed by atoms with Crippen LogP contribution < -0.4 is 20.0 Å². The van der Waals surface area contributed by atoms with Crippen molar-refractivity contribution in [3.8, 4) is 11.5 Å². The zero-order valence-corrected chi connectivity index (χ0v) is 25.4. The van der Waals surface area contributed by atoms with E-state index in [1.165, 1.54) is 17.0 Å². The van der Waals surface area contributed by atoms with Gasteiger partial charge >= 0.3 is 7.12 Å². The molecule has 3 N–H and O–H groups in total. The molecule has 4 aliphatic rings. The lowest BCUT2D eigenvalue weighted by atomic mass is 9.51. The minimum absolute atomic E-state index is 0.133. The molecule has 2 heterocycles. The first-order valence-electron chi connectivity index (χ1n) is 15.5. The summed E-state index contributed by atoms with van der Waals surface area (Å²) in [6.45, 7) is 3.87. The fourth-order valence-electron chi connectivity index (χ4n) is 8.31. The molecule has 7 rings (SSSR count). The van der Waals surface area contributed by atoms with E-state index in [4.69, 9.17) is 4.74 Å². The van der Waals surface area contributed by atoms with Crippen molar-refractivity contribution in [2.24, 2.45) is 29.1 Å². The molecule has 0 aromatic heterocycles. The predicted molar refractivity (Wildman–Crippen MR) is 169 cm³/mol. The van der Waals surface area contributed by atoms with Crippen LogP contribution in [0.15, 0.2) is 84.4 Å². The molecule has 46 heavy (non-hydrogen) atoms. The van der Waals surface area contributed by atoms with Gasteiger partial charge in [0, 0.05) is 11.5 Å². The smallest absolute Gasteiger partial charge is 0.488 e. The van der Waals surface area contributed by atoms with Crippen LogP contribution in [0.25, 0.3) is 0 Å². The number of amides is 4. The van der Waals surface area contributed by atoms with Gasteiger partial charge in [0.25, 0.3) is 0 Å². The van der Waals surface area contributed by atoms with Crippen molar-refractivity contribution in [2.45, 2.75) is 32.6 Å². The first kappa shape index (κ1) is 29.9. The molecule has 3 aromatic carbocycles. The summed E-state index contributed by atoms with van der Waals surface area (Å²) in [4.78, 5) is 59.2. The summed E-state index contributed by atoms with van der Waals surface area (Å²) < 4.78 is 5.70. The van der Waals surface area contributed by atoms with Gasteiger partial charge in [-0.1, -0.05) is 54.1 Å². The molecule has 4 amide bonds. The van der Waals surface area contributed by atoms with Gasteiger partial charge in [-0.15, -0.1) is 0 Å². The number of ether oxygens (including phenoxy) is 1. The molecule has 0 radical (unpaired) electrons. The molecule has 2 aliphatic carbocycles. The van der Waals surface area contributed by atoms with Crippen LogP contribution in [0.1, 0.15) is 38.2 Å². The minimum atomic E-state index is -1.78. The van der Waals surface area contributed by atoms with E-state index in [1.807, 2.05) is 6.08 Å². The molecular formula is C35H33BN2O8. The maximum absolute atomic E-state index is 14.5. The Labute approximate surface area is 266 Å². The van der Waals surface area contributed by atoms with Gasteiger partial charge in [0.15, 0.2) is 11.5 Å². The number of imide groups is 2. The lowest BCUT2D eigenvalue weighted by Crippen LogP contribution is -2.49. The van der Waals surface area contributed by atoms with Gasteiger partial charge in [-0.2, -0.15) is 0 Å². The molecule has 11 heteroatoms. The van der Waals surface area contributed by atoms with Gasteiger partial charge in [0.2, 0.25) is 23.6 Å².